The smallest absolute Gasteiger partial charge is 0.419 e. The third-order valence-corrected chi connectivity index (χ3v) is 14.6. The molecule has 10 heteroatoms. The van der Waals surface area contributed by atoms with Crippen molar-refractivity contribution >= 4 is 11.9 Å². The highest BCUT2D eigenvalue weighted by Gasteiger charge is 2.38. The Bertz CT molecular complexity index is 1550. The first kappa shape index (κ1) is 41.5. The first-order chi connectivity index (χ1) is 28.4. The fourth-order valence-electron chi connectivity index (χ4n) is 11.1. The maximum atomic E-state index is 14.1. The second-order valence-corrected chi connectivity index (χ2v) is 18.6. The summed E-state index contributed by atoms with van der Waals surface area (Å²) in [4.78, 5) is 37.7. The minimum Gasteiger partial charge on any atom is -0.494 e. The summed E-state index contributed by atoms with van der Waals surface area (Å²) >= 11 is 0. The number of rotatable bonds is 14. The summed E-state index contributed by atoms with van der Waals surface area (Å²) in [5.74, 6) is 0.809. The highest BCUT2D eigenvalue weighted by atomic mass is 16.6. The van der Waals surface area contributed by atoms with Gasteiger partial charge in [-0.2, -0.15) is 0 Å². The van der Waals surface area contributed by atoms with E-state index in [0.29, 0.717) is 37.1 Å². The Hall–Kier alpha value is -3.18. The molecule has 8 rings (SSSR count). The topological polar surface area (TPSA) is 84.0 Å². The van der Waals surface area contributed by atoms with E-state index in [2.05, 4.69) is 58.0 Å². The molecule has 0 spiro atoms. The lowest BCUT2D eigenvalue weighted by Crippen LogP contribution is -2.44. The molecule has 0 bridgehead atoms. The third-order valence-electron chi connectivity index (χ3n) is 14.6. The quantitative estimate of drug-likeness (QED) is 0.138. The van der Waals surface area contributed by atoms with Gasteiger partial charge in [0.15, 0.2) is 12.5 Å². The van der Waals surface area contributed by atoms with Gasteiger partial charge < -0.3 is 28.7 Å². The van der Waals surface area contributed by atoms with Gasteiger partial charge in [-0.1, -0.05) is 50.7 Å². The Labute approximate surface area is 347 Å². The molecule has 4 aliphatic heterocycles. The molecule has 0 radical (unpaired) electrons. The molecular weight excluding hydrogens is 729 g/mol. The van der Waals surface area contributed by atoms with E-state index in [-0.39, 0.29) is 0 Å². The van der Waals surface area contributed by atoms with Crippen molar-refractivity contribution in [3.8, 4) is 11.5 Å². The molecule has 2 saturated heterocycles. The average Bonchev–Trinajstić information content (AvgIpc) is 3.86. The fourth-order valence-corrected chi connectivity index (χ4v) is 11.1. The van der Waals surface area contributed by atoms with Crippen molar-refractivity contribution in [1.29, 1.82) is 0 Å². The van der Waals surface area contributed by atoms with Gasteiger partial charge in [-0.15, -0.1) is 0 Å². The van der Waals surface area contributed by atoms with Crippen molar-refractivity contribution in [3.63, 3.8) is 0 Å². The zero-order valence-corrected chi connectivity index (χ0v) is 35.6. The Morgan fingerprint density at radius 3 is 1.38 bits per heavy atom. The van der Waals surface area contributed by atoms with E-state index in [4.69, 9.17) is 18.9 Å². The summed E-state index contributed by atoms with van der Waals surface area (Å²) in [5, 5.41) is 0. The molecule has 0 aromatic heterocycles. The number of esters is 2. The maximum Gasteiger partial charge on any atom is 0.419 e. The van der Waals surface area contributed by atoms with Crippen LogP contribution in [0.5, 0.6) is 11.5 Å². The lowest BCUT2D eigenvalue weighted by molar-refractivity contribution is -0.188. The van der Waals surface area contributed by atoms with Crippen LogP contribution in [-0.2, 0) is 31.9 Å². The van der Waals surface area contributed by atoms with Crippen LogP contribution < -0.4 is 9.47 Å². The molecule has 58 heavy (non-hydrogen) atoms. The van der Waals surface area contributed by atoms with Gasteiger partial charge in [0.1, 0.15) is 11.5 Å². The first-order valence-electron chi connectivity index (χ1n) is 23.2. The number of benzene rings is 2. The maximum absolute atomic E-state index is 14.1. The largest absolute Gasteiger partial charge is 0.494 e. The minimum absolute atomic E-state index is 0.550. The summed E-state index contributed by atoms with van der Waals surface area (Å²) in [6, 6.07) is 13.6. The molecule has 2 aromatic carbocycles. The van der Waals surface area contributed by atoms with Crippen molar-refractivity contribution < 1.29 is 28.5 Å². The van der Waals surface area contributed by atoms with Crippen LogP contribution in [0, 0.1) is 11.8 Å². The number of carbonyl (C=O) groups excluding carboxylic acids is 2. The molecule has 4 fully saturated rings. The van der Waals surface area contributed by atoms with Gasteiger partial charge in [0.25, 0.3) is 0 Å². The highest BCUT2D eigenvalue weighted by Crippen LogP contribution is 2.39. The van der Waals surface area contributed by atoms with Crippen LogP contribution in [0.4, 0.5) is 0 Å². The van der Waals surface area contributed by atoms with Crippen molar-refractivity contribution in [3.05, 3.63) is 58.7 Å². The lowest BCUT2D eigenvalue weighted by atomic mass is 9.88. The van der Waals surface area contributed by atoms with Crippen LogP contribution in [0.15, 0.2) is 36.4 Å². The molecule has 4 unspecified atom stereocenters. The Kier molecular flexibility index (Phi) is 14.3. The van der Waals surface area contributed by atoms with Gasteiger partial charge in [0, 0.05) is 49.4 Å². The Morgan fingerprint density at radius 2 is 0.983 bits per heavy atom. The van der Waals surface area contributed by atoms with Crippen molar-refractivity contribution in [2.45, 2.75) is 140 Å². The fraction of sp³-hybridized carbons (Fsp3) is 0.708. The number of hydrogen-bond donors (Lipinski definition) is 0. The van der Waals surface area contributed by atoms with E-state index < -0.39 is 24.4 Å². The second kappa shape index (κ2) is 19.9. The minimum atomic E-state index is -0.931. The summed E-state index contributed by atoms with van der Waals surface area (Å²) in [6.45, 7) is 6.81. The zero-order valence-electron chi connectivity index (χ0n) is 35.6. The molecule has 318 valence electrons. The molecule has 10 nitrogen and oxygen atoms in total. The summed E-state index contributed by atoms with van der Waals surface area (Å²) in [5.41, 5.74) is 4.12. The molecule has 4 heterocycles. The molecule has 6 aliphatic rings. The van der Waals surface area contributed by atoms with Crippen molar-refractivity contribution in [2.24, 2.45) is 11.8 Å². The SMILES string of the molecule is CN1CCCC1CCOc1ccc2c(c1)C(OC(=O)C(=O)OC1c3cc(OCCC4CCCN4C)ccc3CCN1CC1CCCCC1)N(CC1CCCCC1)CC2. The van der Waals surface area contributed by atoms with E-state index in [0.717, 1.165) is 98.7 Å². The third kappa shape index (κ3) is 10.4. The van der Waals surface area contributed by atoms with Crippen LogP contribution in [0.3, 0.4) is 0 Å². The molecule has 2 aromatic rings. The van der Waals surface area contributed by atoms with Gasteiger partial charge in [-0.25, -0.2) is 9.59 Å². The number of hydrogen-bond acceptors (Lipinski definition) is 10. The molecule has 0 N–H and O–H groups in total. The molecule has 2 aliphatic carbocycles. The number of fused-ring (bicyclic) bond motifs is 2. The summed E-state index contributed by atoms with van der Waals surface area (Å²) < 4.78 is 25.4. The van der Waals surface area contributed by atoms with E-state index in [1.54, 1.807) is 0 Å². The highest BCUT2D eigenvalue weighted by molar-refractivity contribution is 6.29. The van der Waals surface area contributed by atoms with E-state index in [1.165, 1.54) is 89.9 Å². The molecule has 4 atom stereocenters. The average molecular weight is 799 g/mol. The van der Waals surface area contributed by atoms with Crippen molar-refractivity contribution in [2.75, 3.05) is 66.6 Å². The monoisotopic (exact) mass is 799 g/mol. The van der Waals surface area contributed by atoms with Gasteiger partial charge in [-0.05, 0) is 151 Å². The van der Waals surface area contributed by atoms with Gasteiger partial charge in [0.05, 0.1) is 13.2 Å². The number of likely N-dealkylation sites (tertiary alicyclic amines) is 2. The van der Waals surface area contributed by atoms with E-state index >= 15 is 0 Å². The Morgan fingerprint density at radius 1 is 0.552 bits per heavy atom. The van der Waals surface area contributed by atoms with Gasteiger partial charge >= 0.3 is 11.9 Å². The predicted octanol–water partition coefficient (Wildman–Crippen LogP) is 8.07. The zero-order chi connectivity index (χ0) is 39.8. The van der Waals surface area contributed by atoms with Crippen LogP contribution in [0.2, 0.25) is 0 Å². The lowest BCUT2D eigenvalue weighted by Gasteiger charge is -2.40. The van der Waals surface area contributed by atoms with Crippen LogP contribution >= 0.6 is 0 Å². The van der Waals surface area contributed by atoms with Gasteiger partial charge in [-0.3, -0.25) is 9.80 Å². The first-order valence-corrected chi connectivity index (χ1v) is 23.2. The van der Waals surface area contributed by atoms with E-state index in [9.17, 15) is 9.59 Å². The van der Waals surface area contributed by atoms with Crippen LogP contribution in [0.25, 0.3) is 0 Å². The molecule has 0 amide bonds. The number of nitrogens with zero attached hydrogens (tertiary/aromatic N) is 4. The van der Waals surface area contributed by atoms with Crippen LogP contribution in [0.1, 0.15) is 137 Å². The van der Waals surface area contributed by atoms with E-state index in [1.807, 2.05) is 12.1 Å². The standard InChI is InChI=1S/C48H70N4O6/c1-49-25-9-15-39(49)23-29-55-41-19-17-37-21-27-51(33-35-11-5-3-6-12-35)45(43(37)31-41)57-47(53)48(54)58-46-44-32-42(56-30-24-40-16-10-26-50(40)2)20-18-38(44)22-28-52(46)34-36-13-7-4-8-14-36/h17-20,31-32,35-36,39-40,45-46H,3-16,21-30,33-34H2,1-2H3. The summed E-state index contributed by atoms with van der Waals surface area (Å²) in [7, 11) is 4.40. The number of carbonyl (C=O) groups is 2. The van der Waals surface area contributed by atoms with Crippen LogP contribution in [-0.4, -0.2) is 110 Å². The molecular formula is C48H70N4O6. The second-order valence-electron chi connectivity index (χ2n) is 18.6. The normalized spacial score (nSPS) is 26.6. The molecule has 2 saturated carbocycles. The predicted molar refractivity (Wildman–Crippen MR) is 226 cm³/mol. The Balaban J connectivity index is 0.992. The van der Waals surface area contributed by atoms with Gasteiger partial charge in [0.2, 0.25) is 0 Å². The van der Waals surface area contributed by atoms with Crippen molar-refractivity contribution in [1.82, 2.24) is 19.6 Å². The summed E-state index contributed by atoms with van der Waals surface area (Å²) in [6.07, 6.45) is 19.5. The number of ether oxygens (including phenoxy) is 4.